The third-order valence-corrected chi connectivity index (χ3v) is 16.6. The monoisotopic (exact) mass is 377 g/mol. The van der Waals surface area contributed by atoms with Crippen molar-refractivity contribution in [3.05, 3.63) is 21.5 Å². The molecule has 1 atom stereocenters. The molecule has 0 radical (unpaired) electrons. The average molecular weight is 377 g/mol. The number of alkyl halides is 2. The van der Waals surface area contributed by atoms with E-state index in [0.29, 0.717) is 28.9 Å². The predicted molar refractivity (Wildman–Crippen MR) is 51.5 cm³/mol. The van der Waals surface area contributed by atoms with E-state index < -0.39 is 15.8 Å². The Morgan fingerprint density at radius 3 is 2.91 bits per heavy atom. The molecule has 64 valence electrons. The molecule has 0 saturated carbocycles. The Bertz CT molecular complexity index is 228. The van der Waals surface area contributed by atoms with Gasteiger partial charge in [0.2, 0.25) is 0 Å². The topological polar surface area (TPSA) is 20.2 Å². The fourth-order valence-corrected chi connectivity index (χ4v) is 16.3. The Hall–Kier alpha value is 0.740. The second-order valence-electron chi connectivity index (χ2n) is 2.82. The molecule has 0 unspecified atom stereocenters. The van der Waals surface area contributed by atoms with E-state index in [1.54, 1.807) is 6.01 Å². The molecule has 2 rings (SSSR count). The first-order valence-electron chi connectivity index (χ1n) is 3.63. The summed E-state index contributed by atoms with van der Waals surface area (Å²) in [5.74, 6) is 1.00. The van der Waals surface area contributed by atoms with Gasteiger partial charge in [-0.05, 0) is 0 Å². The van der Waals surface area contributed by atoms with Crippen molar-refractivity contribution in [1.82, 2.24) is 0 Å². The Morgan fingerprint density at radius 2 is 2.36 bits per heavy atom. The third kappa shape index (κ3) is 1.91. The number of allylic oxidation sites excluding steroid dienone is 4. The van der Waals surface area contributed by atoms with Crippen LogP contribution in [0.3, 0.4) is 0 Å². The molecule has 0 spiro atoms. The van der Waals surface area contributed by atoms with Crippen molar-refractivity contribution in [2.75, 3.05) is 2.43 Å². The van der Waals surface area contributed by atoms with Crippen LogP contribution in [0, 0.1) is 5.92 Å². The minimum atomic E-state index is -0.409. The van der Waals surface area contributed by atoms with Crippen molar-refractivity contribution in [3.8, 4) is 0 Å². The summed E-state index contributed by atoms with van der Waals surface area (Å²) in [5, 5.41) is 9.34. The number of halogens is 2. The van der Waals surface area contributed by atoms with Crippen LogP contribution in [-0.4, -0.2) is 7.54 Å². The molecule has 0 aromatic heterocycles. The van der Waals surface area contributed by atoms with Gasteiger partial charge in [-0.25, -0.2) is 0 Å². The van der Waals surface area contributed by atoms with E-state index in [2.05, 4.69) is 13.0 Å². The number of hydrogen-bond acceptors (Lipinski definition) is 1. The first-order valence-corrected chi connectivity index (χ1v) is 14.0. The number of hydrogen-bond donors (Lipinski definition) is 1. The molecule has 1 N–H and O–H groups in total. The van der Waals surface area contributed by atoms with Crippen LogP contribution in [0.25, 0.3) is 0 Å². The predicted octanol–water partition coefficient (Wildman–Crippen LogP) is -0.166. The summed E-state index contributed by atoms with van der Waals surface area (Å²) in [7, 11) is 0. The molecule has 1 aliphatic heterocycles. The van der Waals surface area contributed by atoms with E-state index in [9.17, 15) is 5.11 Å². The van der Waals surface area contributed by atoms with Crippen molar-refractivity contribution >= 4 is 15.8 Å². The van der Waals surface area contributed by atoms with Gasteiger partial charge in [-0.1, -0.05) is 0 Å². The van der Waals surface area contributed by atoms with Gasteiger partial charge in [-0.3, -0.25) is 0 Å². The second-order valence-corrected chi connectivity index (χ2v) is 21.4. The molecule has 3 heteroatoms. The van der Waals surface area contributed by atoms with Crippen LogP contribution in [0.5, 0.6) is 0 Å². The van der Waals surface area contributed by atoms with Crippen LogP contribution in [0.4, 0.5) is 0 Å². The third-order valence-electron chi connectivity index (χ3n) is 1.91. The summed E-state index contributed by atoms with van der Waals surface area (Å²) in [6.07, 6.45) is 5.29. The molecule has 2 aliphatic rings. The molecule has 0 aromatic rings. The summed E-state index contributed by atoms with van der Waals surface area (Å²) in [6.45, 7) is 2.12. The molecule has 0 bridgehead atoms. The fourth-order valence-electron chi connectivity index (χ4n) is 1.11. The van der Waals surface area contributed by atoms with Crippen LogP contribution in [-0.2, 0) is 0 Å². The fraction of sp³-hybridized carbons (Fsp3) is 0.500. The zero-order valence-corrected chi connectivity index (χ0v) is 10.7. The minimum absolute atomic E-state index is 0.409. The standard InChI is InChI=1S/C8H11I2O/c1-6-4-7(10-5-9-10)2-3-8(6)11/h2-3,6,11H,4-5H2,1H3/q-1/t6-/m0/s1. The van der Waals surface area contributed by atoms with Crippen LogP contribution in [0.15, 0.2) is 21.5 Å². The normalized spacial score (nSPS) is 33.5. The van der Waals surface area contributed by atoms with Gasteiger partial charge >= 0.3 is 81.4 Å². The maximum absolute atomic E-state index is 9.34. The zero-order chi connectivity index (χ0) is 7.84. The number of rotatable bonds is 1. The number of aliphatic hydroxyl groups is 1. The molecule has 1 nitrogen and oxygen atoms in total. The van der Waals surface area contributed by atoms with Crippen molar-refractivity contribution in [2.24, 2.45) is 5.92 Å². The average Bonchev–Trinajstić information content (AvgIpc) is 2.77. The van der Waals surface area contributed by atoms with Gasteiger partial charge in [0.15, 0.2) is 0 Å². The van der Waals surface area contributed by atoms with Crippen molar-refractivity contribution in [2.45, 2.75) is 13.3 Å². The first kappa shape index (κ1) is 8.34. The van der Waals surface area contributed by atoms with Gasteiger partial charge in [0.05, 0.1) is 0 Å². The maximum atomic E-state index is 9.34. The summed E-state index contributed by atoms with van der Waals surface area (Å²) in [4.78, 5) is 0. The van der Waals surface area contributed by atoms with E-state index in [1.807, 2.05) is 6.08 Å². The quantitative estimate of drug-likeness (QED) is 0.498. The zero-order valence-electron chi connectivity index (χ0n) is 6.35. The molecular formula is C8H11I2O-. The Balaban J connectivity index is 2.12. The van der Waals surface area contributed by atoms with Gasteiger partial charge < -0.3 is 0 Å². The van der Waals surface area contributed by atoms with Crippen LogP contribution in [0.1, 0.15) is 13.3 Å². The van der Waals surface area contributed by atoms with Gasteiger partial charge in [-0.2, -0.15) is 0 Å². The van der Waals surface area contributed by atoms with Gasteiger partial charge in [0, 0.05) is 0 Å². The van der Waals surface area contributed by atoms with E-state index in [-0.39, 0.29) is 0 Å². The van der Waals surface area contributed by atoms with E-state index >= 15 is 0 Å². The van der Waals surface area contributed by atoms with E-state index in [1.165, 1.54) is 6.42 Å². The summed E-state index contributed by atoms with van der Waals surface area (Å²) >= 11 is 0.283. The molecule has 0 aromatic carbocycles. The van der Waals surface area contributed by atoms with Gasteiger partial charge in [-0.15, -0.1) is 0 Å². The Kier molecular flexibility index (Phi) is 2.46. The first-order chi connectivity index (χ1) is 5.27. The molecule has 1 saturated heterocycles. The molecule has 11 heavy (non-hydrogen) atoms. The molecule has 1 fully saturated rings. The van der Waals surface area contributed by atoms with Crippen LogP contribution < -0.4 is 17.2 Å². The molecule has 1 heterocycles. The van der Waals surface area contributed by atoms with E-state index in [0.717, 1.165) is 0 Å². The van der Waals surface area contributed by atoms with E-state index in [4.69, 9.17) is 0 Å². The Morgan fingerprint density at radius 1 is 1.64 bits per heavy atom. The van der Waals surface area contributed by atoms with Crippen molar-refractivity contribution in [3.63, 3.8) is 0 Å². The Labute approximate surface area is 80.6 Å². The molecule has 0 amide bonds. The molecule has 1 aliphatic carbocycles. The van der Waals surface area contributed by atoms with Crippen LogP contribution >= 0.6 is 15.8 Å². The summed E-state index contributed by atoms with van der Waals surface area (Å²) in [5.41, 5.74) is 0. The summed E-state index contributed by atoms with van der Waals surface area (Å²) < 4.78 is 3.39. The van der Waals surface area contributed by atoms with Gasteiger partial charge in [0.25, 0.3) is 0 Å². The van der Waals surface area contributed by atoms with Crippen molar-refractivity contribution in [1.29, 1.82) is 0 Å². The molecular weight excluding hydrogens is 366 g/mol. The van der Waals surface area contributed by atoms with Crippen LogP contribution in [0.2, 0.25) is 0 Å². The second kappa shape index (κ2) is 3.24. The SMILES string of the molecule is C[C@H]1CC(I2C[I-]2)=CC=C1O. The van der Waals surface area contributed by atoms with Crippen molar-refractivity contribution < 1.29 is 22.3 Å². The van der Waals surface area contributed by atoms with Gasteiger partial charge in [0.1, 0.15) is 0 Å². The summed E-state index contributed by atoms with van der Waals surface area (Å²) in [6, 6.07) is 0. The number of aliphatic hydroxyl groups excluding tert-OH is 1.